The maximum Gasteiger partial charge on any atom is 0.168 e. The topological polar surface area (TPSA) is 30.9 Å². The van der Waals surface area contributed by atoms with E-state index < -0.39 is 0 Å². The lowest BCUT2D eigenvalue weighted by Crippen LogP contribution is -2.40. The number of methoxy groups -OCH3 is 1. The van der Waals surface area contributed by atoms with E-state index in [0.29, 0.717) is 6.79 Å². The Balaban J connectivity index is -0.0000000177. The van der Waals surface area contributed by atoms with Crippen LogP contribution in [0.4, 0.5) is 0 Å². The number of ether oxygens (including phenoxy) is 3. The molecule has 1 heterocycles. The van der Waals surface area contributed by atoms with Gasteiger partial charge in [-0.2, -0.15) is 0 Å². The fourth-order valence-electron chi connectivity index (χ4n) is 0.295. The molecule has 0 bridgehead atoms. The van der Waals surface area contributed by atoms with Gasteiger partial charge in [-0.15, -0.1) is 6.58 Å². The summed E-state index contributed by atoms with van der Waals surface area (Å²) < 4.78 is 14.0. The minimum Gasteiger partial charge on any atom is -0.388 e. The van der Waals surface area contributed by atoms with Crippen molar-refractivity contribution in [2.24, 2.45) is 0 Å². The molecule has 1 fully saturated rings. The van der Waals surface area contributed by atoms with E-state index in [9.17, 15) is 0 Å². The van der Waals surface area contributed by atoms with Gasteiger partial charge in [-0.05, 0) is 62.7 Å². The quantitative estimate of drug-likeness (QED) is 0.327. The van der Waals surface area contributed by atoms with E-state index in [1.165, 1.54) is 18.4 Å². The van der Waals surface area contributed by atoms with Crippen LogP contribution in [-0.2, 0) is 14.2 Å². The first-order chi connectivity index (χ1) is 12.3. The Labute approximate surface area is 210 Å². The molecule has 0 radical (unpaired) electrons. The summed E-state index contributed by atoms with van der Waals surface area (Å²) in [5, 5.41) is 0. The Morgan fingerprint density at radius 3 is 0.906 bits per heavy atom. The molecule has 0 aromatic carbocycles. The van der Waals surface area contributed by atoms with Crippen LogP contribution >= 0.6 is 0 Å². The minimum absolute atomic E-state index is 0. The van der Waals surface area contributed by atoms with Gasteiger partial charge in [0, 0.05) is 14.2 Å². The number of rotatable bonds is 0. The van der Waals surface area contributed by atoms with Gasteiger partial charge in [0.1, 0.15) is 0 Å². The second-order valence-corrected chi connectivity index (χ2v) is 6.84. The Bertz CT molecular complexity index is 230. The van der Waals surface area contributed by atoms with E-state index in [4.69, 9.17) is 9.47 Å². The molecular formula is C28H75NO3. The van der Waals surface area contributed by atoms with E-state index in [2.05, 4.69) is 39.0 Å². The van der Waals surface area contributed by atoms with E-state index in [1.807, 2.05) is 79.7 Å². The van der Waals surface area contributed by atoms with Crippen LogP contribution in [0.15, 0.2) is 24.3 Å². The third kappa shape index (κ3) is 340. The highest BCUT2D eigenvalue weighted by molar-refractivity contribution is 4.78. The highest BCUT2D eigenvalue weighted by Gasteiger charge is 2.27. The van der Waals surface area contributed by atoms with E-state index >= 15 is 0 Å². The lowest BCUT2D eigenvalue weighted by Gasteiger charge is -2.34. The average molecular weight is 474 g/mol. The molecule has 32 heavy (non-hydrogen) atoms. The molecular weight excluding hydrogens is 398 g/mol. The molecule has 0 atom stereocenters. The molecule has 0 amide bonds. The van der Waals surface area contributed by atoms with Crippen LogP contribution in [0.1, 0.15) is 119 Å². The summed E-state index contributed by atoms with van der Waals surface area (Å²) in [5.74, 6) is -0.278. The van der Waals surface area contributed by atoms with Gasteiger partial charge >= 0.3 is 0 Å². The fourth-order valence-corrected chi connectivity index (χ4v) is 0.295. The minimum atomic E-state index is -0.278. The average Bonchev–Trinajstić information content (AvgIpc) is 2.47. The zero-order valence-corrected chi connectivity index (χ0v) is 21.7. The molecule has 0 N–H and O–H groups in total. The standard InChI is InChI=1S/C4H8O2.2C4H8.C3H9N.2C3H8.C2H6O.5CH4/c1-4(2)5-3-6-4;1-4(2)3;1-3-4-2;1-4(2)3;3*1-3-2;;;;;/h3H2,1-2H3;1H2,2-3H3;3-4H,1-2H3;1-3H3;2*3H2,1-2H3;1-2H3;5*1H4. The molecule has 1 rings (SSSR count). The first-order valence-electron chi connectivity index (χ1n) is 9.81. The van der Waals surface area contributed by atoms with Crippen molar-refractivity contribution in [3.05, 3.63) is 24.3 Å². The summed E-state index contributed by atoms with van der Waals surface area (Å²) in [7, 11) is 9.25. The highest BCUT2D eigenvalue weighted by Crippen LogP contribution is 2.19. The Hall–Kier alpha value is -0.680. The largest absolute Gasteiger partial charge is 0.388 e. The number of nitrogens with zero attached hydrogens (tertiary/aromatic N) is 1. The van der Waals surface area contributed by atoms with Gasteiger partial charge in [-0.1, -0.05) is 95.4 Å². The number of hydrogen-bond acceptors (Lipinski definition) is 4. The van der Waals surface area contributed by atoms with Gasteiger partial charge in [-0.3, -0.25) is 0 Å². The second-order valence-electron chi connectivity index (χ2n) is 6.84. The summed E-state index contributed by atoms with van der Waals surface area (Å²) >= 11 is 0. The number of allylic oxidation sites excluding steroid dienone is 3. The van der Waals surface area contributed by atoms with Gasteiger partial charge < -0.3 is 19.1 Å². The van der Waals surface area contributed by atoms with Gasteiger partial charge in [0.2, 0.25) is 0 Å². The molecule has 4 heteroatoms. The SMILES string of the molecule is C.C.C.C.C.C=C(C)C.CC1(C)OCO1.CC=CC.CCC.CCC.CN(C)C.COC. The maximum atomic E-state index is 4.90. The van der Waals surface area contributed by atoms with Crippen molar-refractivity contribution in [2.45, 2.75) is 125 Å². The molecule has 1 aliphatic rings. The predicted octanol–water partition coefficient (Wildman–Crippen LogP) is 10.3. The summed E-state index contributed by atoms with van der Waals surface area (Å²) in [6.45, 7) is 24.2. The van der Waals surface area contributed by atoms with Crippen LogP contribution in [0, 0.1) is 0 Å². The van der Waals surface area contributed by atoms with Gasteiger partial charge in [0.25, 0.3) is 0 Å². The second kappa shape index (κ2) is 69.8. The molecule has 1 aliphatic heterocycles. The first kappa shape index (κ1) is 69.7. The number of hydrogen-bond donors (Lipinski definition) is 0. The lowest BCUT2D eigenvalue weighted by molar-refractivity contribution is -0.379. The molecule has 0 aromatic heterocycles. The first-order valence-corrected chi connectivity index (χ1v) is 9.81. The lowest BCUT2D eigenvalue weighted by atomic mass is 10.4. The molecule has 4 nitrogen and oxygen atoms in total. The van der Waals surface area contributed by atoms with Crippen molar-refractivity contribution < 1.29 is 14.2 Å². The van der Waals surface area contributed by atoms with Crippen molar-refractivity contribution in [1.29, 1.82) is 0 Å². The van der Waals surface area contributed by atoms with E-state index in [-0.39, 0.29) is 42.9 Å². The molecule has 0 aromatic rings. The van der Waals surface area contributed by atoms with Gasteiger partial charge in [0.05, 0.1) is 0 Å². The van der Waals surface area contributed by atoms with Crippen LogP contribution < -0.4 is 0 Å². The zero-order valence-electron chi connectivity index (χ0n) is 21.7. The van der Waals surface area contributed by atoms with Crippen molar-refractivity contribution in [1.82, 2.24) is 4.90 Å². The summed E-state index contributed by atoms with van der Waals surface area (Å²) in [5.41, 5.74) is 1.17. The Kier molecular flexibility index (Phi) is 152. The van der Waals surface area contributed by atoms with E-state index in [1.54, 1.807) is 14.2 Å². The predicted molar refractivity (Wildman–Crippen MR) is 160 cm³/mol. The summed E-state index contributed by atoms with van der Waals surface area (Å²) in [6, 6.07) is 0. The van der Waals surface area contributed by atoms with E-state index in [0.717, 1.165) is 0 Å². The molecule has 0 spiro atoms. The van der Waals surface area contributed by atoms with Crippen molar-refractivity contribution in [3.63, 3.8) is 0 Å². The third-order valence-corrected chi connectivity index (χ3v) is 1.15. The molecule has 0 unspecified atom stereocenters. The Morgan fingerprint density at radius 1 is 0.812 bits per heavy atom. The normalized spacial score (nSPS) is 10.2. The van der Waals surface area contributed by atoms with Gasteiger partial charge in [0.15, 0.2) is 12.6 Å². The smallest absolute Gasteiger partial charge is 0.168 e. The summed E-state index contributed by atoms with van der Waals surface area (Å²) in [4.78, 5) is 2.00. The molecule has 0 aliphatic carbocycles. The fraction of sp³-hybridized carbons (Fsp3) is 0.857. The maximum absolute atomic E-state index is 4.90. The molecule has 210 valence electrons. The van der Waals surface area contributed by atoms with Crippen LogP contribution in [-0.4, -0.2) is 52.8 Å². The van der Waals surface area contributed by atoms with Crippen molar-refractivity contribution in [2.75, 3.05) is 42.2 Å². The van der Waals surface area contributed by atoms with Crippen molar-refractivity contribution >= 4 is 0 Å². The van der Waals surface area contributed by atoms with Crippen LogP contribution in [0.5, 0.6) is 0 Å². The Morgan fingerprint density at radius 2 is 0.906 bits per heavy atom. The monoisotopic (exact) mass is 474 g/mol. The van der Waals surface area contributed by atoms with Crippen LogP contribution in [0.25, 0.3) is 0 Å². The van der Waals surface area contributed by atoms with Crippen LogP contribution in [0.3, 0.4) is 0 Å². The molecule has 0 saturated carbocycles. The summed E-state index contributed by atoms with van der Waals surface area (Å²) in [6.07, 6.45) is 6.50. The molecule has 1 saturated heterocycles. The van der Waals surface area contributed by atoms with Crippen molar-refractivity contribution in [3.8, 4) is 0 Å². The highest BCUT2D eigenvalue weighted by atomic mass is 16.9. The zero-order chi connectivity index (χ0) is 23.3. The van der Waals surface area contributed by atoms with Crippen LogP contribution in [0.2, 0.25) is 0 Å². The van der Waals surface area contributed by atoms with Gasteiger partial charge in [-0.25, -0.2) is 0 Å². The third-order valence-electron chi connectivity index (χ3n) is 1.15.